The van der Waals surface area contributed by atoms with Crippen LogP contribution in [0.5, 0.6) is 0 Å². The summed E-state index contributed by atoms with van der Waals surface area (Å²) in [5.41, 5.74) is 0.0449. The zero-order valence-corrected chi connectivity index (χ0v) is 9.68. The minimum atomic E-state index is -2.63. The van der Waals surface area contributed by atoms with E-state index in [2.05, 4.69) is 4.98 Å². The summed E-state index contributed by atoms with van der Waals surface area (Å²) in [5.74, 6) is 0. The Labute approximate surface area is 98.0 Å². The third-order valence-corrected chi connectivity index (χ3v) is 3.28. The van der Waals surface area contributed by atoms with Crippen LogP contribution in [0.15, 0.2) is 6.20 Å². The molecule has 0 radical (unpaired) electrons. The van der Waals surface area contributed by atoms with E-state index < -0.39 is 6.43 Å². The van der Waals surface area contributed by atoms with E-state index in [-0.39, 0.29) is 26.3 Å². The lowest BCUT2D eigenvalue weighted by atomic mass is 10.1. The van der Waals surface area contributed by atoms with Gasteiger partial charge in [0.1, 0.15) is 5.15 Å². The lowest BCUT2D eigenvalue weighted by molar-refractivity contribution is 0.149. The molecule has 0 fully saturated rings. The Kier molecular flexibility index (Phi) is 4.01. The van der Waals surface area contributed by atoms with Crippen molar-refractivity contribution in [3.63, 3.8) is 0 Å². The molecule has 0 unspecified atom stereocenters. The van der Waals surface area contributed by atoms with E-state index in [4.69, 9.17) is 16.9 Å². The van der Waals surface area contributed by atoms with Crippen LogP contribution in [0.3, 0.4) is 0 Å². The highest BCUT2D eigenvalue weighted by Gasteiger charge is 2.19. The van der Waals surface area contributed by atoms with E-state index >= 15 is 0 Å². The van der Waals surface area contributed by atoms with Crippen molar-refractivity contribution in [2.75, 3.05) is 0 Å². The van der Waals surface area contributed by atoms with Gasteiger partial charge in [0.05, 0.1) is 16.1 Å². The predicted octanol–water partition coefficient (Wildman–Crippen LogP) is 3.34. The van der Waals surface area contributed by atoms with Gasteiger partial charge in [-0.25, -0.2) is 13.8 Å². The molecule has 2 nitrogen and oxygen atoms in total. The first-order chi connectivity index (χ1) is 6.57. The fraction of sp³-hybridized carbons (Fsp3) is 0.250. The van der Waals surface area contributed by atoms with Gasteiger partial charge in [0.15, 0.2) is 0 Å². The van der Waals surface area contributed by atoms with Gasteiger partial charge in [-0.1, -0.05) is 11.6 Å². The highest BCUT2D eigenvalue weighted by atomic mass is 127. The second kappa shape index (κ2) is 4.84. The molecule has 0 spiro atoms. The van der Waals surface area contributed by atoms with Crippen molar-refractivity contribution < 1.29 is 8.78 Å². The Morgan fingerprint density at radius 2 is 2.29 bits per heavy atom. The number of halogens is 4. The maximum atomic E-state index is 12.6. The molecule has 1 heterocycles. The largest absolute Gasteiger partial charge is 0.265 e. The molecule has 0 aliphatic carbocycles. The van der Waals surface area contributed by atoms with Gasteiger partial charge in [-0.3, -0.25) is 0 Å². The maximum Gasteiger partial charge on any atom is 0.265 e. The van der Waals surface area contributed by atoms with Crippen LogP contribution in [0.4, 0.5) is 8.78 Å². The van der Waals surface area contributed by atoms with E-state index in [9.17, 15) is 8.78 Å². The molecule has 0 aliphatic rings. The minimum absolute atomic E-state index is 0.0441. The van der Waals surface area contributed by atoms with Crippen molar-refractivity contribution >= 4 is 34.2 Å². The highest BCUT2D eigenvalue weighted by molar-refractivity contribution is 14.1. The molecular weight excluding hydrogens is 324 g/mol. The van der Waals surface area contributed by atoms with Crippen molar-refractivity contribution in [2.24, 2.45) is 0 Å². The average molecular weight is 328 g/mol. The lowest BCUT2D eigenvalue weighted by Gasteiger charge is -2.08. The number of nitriles is 1. The molecule has 0 bridgehead atoms. The summed E-state index contributed by atoms with van der Waals surface area (Å²) in [5, 5.41) is 8.47. The van der Waals surface area contributed by atoms with Gasteiger partial charge in [-0.05, 0) is 28.2 Å². The van der Waals surface area contributed by atoms with Crippen LogP contribution in [0.2, 0.25) is 5.15 Å². The SMILES string of the molecule is N#CCc1cnc(Cl)c(I)c1C(F)F. The summed E-state index contributed by atoms with van der Waals surface area (Å²) in [6, 6.07) is 1.81. The Bertz CT molecular complexity index is 390. The van der Waals surface area contributed by atoms with Crippen molar-refractivity contribution in [1.29, 1.82) is 5.26 Å². The molecule has 14 heavy (non-hydrogen) atoms. The summed E-state index contributed by atoms with van der Waals surface area (Å²) < 4.78 is 25.4. The Balaban J connectivity index is 3.31. The van der Waals surface area contributed by atoms with E-state index in [1.165, 1.54) is 6.20 Å². The first kappa shape index (κ1) is 11.6. The summed E-state index contributed by atoms with van der Waals surface area (Å²) >= 11 is 7.30. The lowest BCUT2D eigenvalue weighted by Crippen LogP contribution is -2.00. The Morgan fingerprint density at radius 1 is 1.64 bits per heavy atom. The molecule has 1 aromatic heterocycles. The minimum Gasteiger partial charge on any atom is -0.243 e. The zero-order valence-electron chi connectivity index (χ0n) is 6.77. The molecule has 1 aromatic rings. The van der Waals surface area contributed by atoms with E-state index in [1.807, 2.05) is 0 Å². The van der Waals surface area contributed by atoms with Crippen LogP contribution < -0.4 is 0 Å². The fourth-order valence-corrected chi connectivity index (χ4v) is 1.85. The van der Waals surface area contributed by atoms with Gasteiger partial charge in [-0.2, -0.15) is 5.26 Å². The number of rotatable bonds is 2. The van der Waals surface area contributed by atoms with Crippen LogP contribution in [0, 0.1) is 14.9 Å². The molecule has 0 aliphatic heterocycles. The van der Waals surface area contributed by atoms with Crippen LogP contribution in [-0.2, 0) is 6.42 Å². The fourth-order valence-electron chi connectivity index (χ4n) is 0.975. The molecule has 0 saturated carbocycles. The first-order valence-corrected chi connectivity index (χ1v) is 5.01. The van der Waals surface area contributed by atoms with Gasteiger partial charge in [0.25, 0.3) is 6.43 Å². The third kappa shape index (κ3) is 2.30. The van der Waals surface area contributed by atoms with Gasteiger partial charge in [0, 0.05) is 11.8 Å². The molecule has 0 atom stereocenters. The topological polar surface area (TPSA) is 36.7 Å². The van der Waals surface area contributed by atoms with Gasteiger partial charge in [-0.15, -0.1) is 0 Å². The van der Waals surface area contributed by atoms with Crippen molar-refractivity contribution in [2.45, 2.75) is 12.8 Å². The molecule has 0 aromatic carbocycles. The van der Waals surface area contributed by atoms with Crippen molar-refractivity contribution in [3.05, 3.63) is 26.0 Å². The average Bonchev–Trinajstić information content (AvgIpc) is 2.11. The van der Waals surface area contributed by atoms with Gasteiger partial charge < -0.3 is 0 Å². The molecule has 6 heteroatoms. The number of hydrogen-bond donors (Lipinski definition) is 0. The smallest absolute Gasteiger partial charge is 0.243 e. The quantitative estimate of drug-likeness (QED) is 0.617. The third-order valence-electron chi connectivity index (χ3n) is 1.58. The number of nitrogens with zero attached hydrogens (tertiary/aromatic N) is 2. The number of hydrogen-bond acceptors (Lipinski definition) is 2. The monoisotopic (exact) mass is 328 g/mol. The summed E-state index contributed by atoms with van der Waals surface area (Å²) in [6.45, 7) is 0. The molecule has 74 valence electrons. The van der Waals surface area contributed by atoms with Gasteiger partial charge >= 0.3 is 0 Å². The van der Waals surface area contributed by atoms with Crippen LogP contribution in [0.25, 0.3) is 0 Å². The second-order valence-corrected chi connectivity index (χ2v) is 3.87. The normalized spacial score (nSPS) is 10.3. The highest BCUT2D eigenvalue weighted by Crippen LogP contribution is 2.31. The van der Waals surface area contributed by atoms with Crippen molar-refractivity contribution in [1.82, 2.24) is 4.98 Å². The Morgan fingerprint density at radius 3 is 2.79 bits per heavy atom. The van der Waals surface area contributed by atoms with Crippen LogP contribution >= 0.6 is 34.2 Å². The van der Waals surface area contributed by atoms with E-state index in [0.29, 0.717) is 0 Å². The second-order valence-electron chi connectivity index (χ2n) is 2.44. The van der Waals surface area contributed by atoms with Crippen molar-refractivity contribution in [3.8, 4) is 6.07 Å². The number of pyridine rings is 1. The summed E-state index contributed by atoms with van der Waals surface area (Å²) in [6.07, 6.45) is -1.50. The molecule has 0 N–H and O–H groups in total. The van der Waals surface area contributed by atoms with Crippen LogP contribution in [0.1, 0.15) is 17.6 Å². The standard InChI is InChI=1S/C8H4ClF2IN2/c9-7-6(12)5(8(10)11)4(1-2-13)3-14-7/h3,8H,1H2. The van der Waals surface area contributed by atoms with Crippen LogP contribution in [-0.4, -0.2) is 4.98 Å². The van der Waals surface area contributed by atoms with E-state index in [1.54, 1.807) is 28.7 Å². The first-order valence-electron chi connectivity index (χ1n) is 3.55. The summed E-state index contributed by atoms with van der Waals surface area (Å²) in [4.78, 5) is 3.71. The van der Waals surface area contributed by atoms with E-state index in [0.717, 1.165) is 0 Å². The number of alkyl halides is 2. The molecular formula is C8H4ClF2IN2. The molecule has 1 rings (SSSR count). The Hall–Kier alpha value is -0.480. The number of aromatic nitrogens is 1. The molecule has 0 amide bonds. The summed E-state index contributed by atoms with van der Waals surface area (Å²) in [7, 11) is 0. The zero-order chi connectivity index (χ0) is 10.7. The molecule has 0 saturated heterocycles. The predicted molar refractivity (Wildman–Crippen MR) is 56.2 cm³/mol. The maximum absolute atomic E-state index is 12.6. The van der Waals surface area contributed by atoms with Gasteiger partial charge in [0.2, 0.25) is 0 Å².